The lowest BCUT2D eigenvalue weighted by Crippen LogP contribution is -2.13. The fourth-order valence-corrected chi connectivity index (χ4v) is 2.87. The van der Waals surface area contributed by atoms with Gasteiger partial charge in [0.05, 0.1) is 17.9 Å². The number of nitrogens with two attached hydrogens (primary N) is 1. The molecule has 0 aliphatic heterocycles. The van der Waals surface area contributed by atoms with Crippen LogP contribution < -0.4 is 11.1 Å². The van der Waals surface area contributed by atoms with E-state index in [4.69, 9.17) is 12.3 Å². The molecule has 0 saturated heterocycles. The summed E-state index contributed by atoms with van der Waals surface area (Å²) in [4.78, 5) is 16.7. The van der Waals surface area contributed by atoms with E-state index in [1.165, 1.54) is 0 Å². The number of hydrogen-bond donors (Lipinski definition) is 2. The SMILES string of the molecule is [C-]#[N+]c1ccc(C(=O)Nc2cc(-c3cccs3)ccc2N)cc1. The predicted octanol–water partition coefficient (Wildman–Crippen LogP) is 4.80. The average molecular weight is 319 g/mol. The molecule has 0 spiro atoms. The largest absolute Gasteiger partial charge is 0.397 e. The summed E-state index contributed by atoms with van der Waals surface area (Å²) in [6.07, 6.45) is 0. The van der Waals surface area contributed by atoms with Gasteiger partial charge in [-0.15, -0.1) is 11.3 Å². The molecule has 4 nitrogen and oxygen atoms in total. The molecule has 0 atom stereocenters. The van der Waals surface area contributed by atoms with Crippen LogP contribution in [0.25, 0.3) is 15.3 Å². The molecule has 2 aromatic carbocycles. The lowest BCUT2D eigenvalue weighted by atomic mass is 10.1. The first kappa shape index (κ1) is 14.8. The van der Waals surface area contributed by atoms with Crippen LogP contribution in [0.3, 0.4) is 0 Å². The standard InChI is InChI=1S/C18H13N3OS/c1-20-14-7-4-12(5-8-14)18(22)21-16-11-13(6-9-15(16)19)17-3-2-10-23-17/h2-11H,19H2,(H,21,22). The van der Waals surface area contributed by atoms with Gasteiger partial charge in [0.1, 0.15) is 0 Å². The molecule has 112 valence electrons. The molecule has 1 amide bonds. The highest BCUT2D eigenvalue weighted by Gasteiger charge is 2.10. The lowest BCUT2D eigenvalue weighted by molar-refractivity contribution is 0.102. The van der Waals surface area contributed by atoms with Crippen molar-refractivity contribution in [2.75, 3.05) is 11.1 Å². The molecular weight excluding hydrogens is 306 g/mol. The Morgan fingerprint density at radius 2 is 1.91 bits per heavy atom. The number of carbonyl (C=O) groups is 1. The quantitative estimate of drug-likeness (QED) is 0.538. The Morgan fingerprint density at radius 3 is 2.57 bits per heavy atom. The highest BCUT2D eigenvalue weighted by atomic mass is 32.1. The van der Waals surface area contributed by atoms with E-state index in [-0.39, 0.29) is 5.91 Å². The monoisotopic (exact) mass is 319 g/mol. The molecule has 3 rings (SSSR count). The van der Waals surface area contributed by atoms with Gasteiger partial charge in [-0.3, -0.25) is 4.79 Å². The molecular formula is C18H13N3OS. The van der Waals surface area contributed by atoms with Gasteiger partial charge in [-0.05, 0) is 29.1 Å². The molecule has 0 bridgehead atoms. The second-order valence-corrected chi connectivity index (χ2v) is 5.84. The summed E-state index contributed by atoms with van der Waals surface area (Å²) >= 11 is 1.63. The molecule has 0 fully saturated rings. The fraction of sp³-hybridized carbons (Fsp3) is 0. The number of hydrogen-bond acceptors (Lipinski definition) is 3. The maximum atomic E-state index is 12.3. The molecule has 0 saturated carbocycles. The molecule has 3 N–H and O–H groups in total. The van der Waals surface area contributed by atoms with E-state index in [2.05, 4.69) is 10.2 Å². The van der Waals surface area contributed by atoms with Gasteiger partial charge in [-0.25, -0.2) is 4.85 Å². The third-order valence-electron chi connectivity index (χ3n) is 3.37. The molecule has 0 radical (unpaired) electrons. The highest BCUT2D eigenvalue weighted by molar-refractivity contribution is 7.13. The molecule has 23 heavy (non-hydrogen) atoms. The van der Waals surface area contributed by atoms with Gasteiger partial charge in [0.15, 0.2) is 5.69 Å². The minimum atomic E-state index is -0.253. The van der Waals surface area contributed by atoms with Crippen molar-refractivity contribution in [3.63, 3.8) is 0 Å². The van der Waals surface area contributed by atoms with Crippen molar-refractivity contribution in [1.82, 2.24) is 0 Å². The maximum absolute atomic E-state index is 12.3. The zero-order valence-electron chi connectivity index (χ0n) is 12.1. The Labute approximate surface area is 138 Å². The summed E-state index contributed by atoms with van der Waals surface area (Å²) in [7, 11) is 0. The van der Waals surface area contributed by atoms with Crippen LogP contribution in [0.1, 0.15) is 10.4 Å². The van der Waals surface area contributed by atoms with Crippen LogP contribution in [-0.2, 0) is 0 Å². The Hall–Kier alpha value is -3.10. The van der Waals surface area contributed by atoms with Crippen molar-refractivity contribution in [3.05, 3.63) is 77.0 Å². The Morgan fingerprint density at radius 1 is 1.13 bits per heavy atom. The van der Waals surface area contributed by atoms with Crippen LogP contribution in [0.5, 0.6) is 0 Å². The lowest BCUT2D eigenvalue weighted by Gasteiger charge is -2.10. The number of thiophene rings is 1. The van der Waals surface area contributed by atoms with Crippen LogP contribution >= 0.6 is 11.3 Å². The number of amides is 1. The van der Waals surface area contributed by atoms with Gasteiger partial charge in [0.25, 0.3) is 5.91 Å². The van der Waals surface area contributed by atoms with Crippen LogP contribution in [-0.4, -0.2) is 5.91 Å². The zero-order valence-corrected chi connectivity index (χ0v) is 12.9. The Balaban J connectivity index is 1.85. The molecule has 3 aromatic rings. The first-order chi connectivity index (χ1) is 11.2. The number of nitrogens with zero attached hydrogens (tertiary/aromatic N) is 1. The summed E-state index contributed by atoms with van der Waals surface area (Å²) in [6, 6.07) is 16.1. The zero-order chi connectivity index (χ0) is 16.2. The number of nitrogen functional groups attached to an aromatic ring is 1. The van der Waals surface area contributed by atoms with Crippen molar-refractivity contribution < 1.29 is 4.79 Å². The van der Waals surface area contributed by atoms with Gasteiger partial charge in [-0.1, -0.05) is 36.4 Å². The minimum Gasteiger partial charge on any atom is -0.397 e. The van der Waals surface area contributed by atoms with Gasteiger partial charge in [0, 0.05) is 10.4 Å². The molecule has 0 aliphatic rings. The summed E-state index contributed by atoms with van der Waals surface area (Å²) in [5.74, 6) is -0.253. The van der Waals surface area contributed by atoms with Crippen LogP contribution in [0.15, 0.2) is 60.0 Å². The third kappa shape index (κ3) is 3.23. The Bertz CT molecular complexity index is 878. The van der Waals surface area contributed by atoms with Crippen molar-refractivity contribution in [3.8, 4) is 10.4 Å². The molecule has 5 heteroatoms. The van der Waals surface area contributed by atoms with E-state index in [1.54, 1.807) is 41.7 Å². The van der Waals surface area contributed by atoms with E-state index < -0.39 is 0 Å². The summed E-state index contributed by atoms with van der Waals surface area (Å²) < 4.78 is 0. The summed E-state index contributed by atoms with van der Waals surface area (Å²) in [5.41, 5.74) is 9.05. The molecule has 1 aromatic heterocycles. The van der Waals surface area contributed by atoms with Crippen LogP contribution in [0.4, 0.5) is 17.1 Å². The van der Waals surface area contributed by atoms with E-state index in [9.17, 15) is 4.79 Å². The summed E-state index contributed by atoms with van der Waals surface area (Å²) in [5, 5.41) is 4.83. The number of carbonyl (C=O) groups excluding carboxylic acids is 1. The first-order valence-corrected chi connectivity index (χ1v) is 7.77. The second-order valence-electron chi connectivity index (χ2n) is 4.89. The minimum absolute atomic E-state index is 0.253. The van der Waals surface area contributed by atoms with Gasteiger partial charge in [-0.2, -0.15) is 0 Å². The number of rotatable bonds is 3. The van der Waals surface area contributed by atoms with Crippen molar-refractivity contribution in [2.45, 2.75) is 0 Å². The average Bonchev–Trinajstić information content (AvgIpc) is 3.11. The highest BCUT2D eigenvalue weighted by Crippen LogP contribution is 2.30. The first-order valence-electron chi connectivity index (χ1n) is 6.89. The van der Waals surface area contributed by atoms with E-state index >= 15 is 0 Å². The molecule has 1 heterocycles. The smallest absolute Gasteiger partial charge is 0.255 e. The second kappa shape index (κ2) is 6.34. The van der Waals surface area contributed by atoms with E-state index in [0.717, 1.165) is 10.4 Å². The van der Waals surface area contributed by atoms with Crippen LogP contribution in [0.2, 0.25) is 0 Å². The Kier molecular flexibility index (Phi) is 4.09. The maximum Gasteiger partial charge on any atom is 0.255 e. The number of nitrogens with one attached hydrogen (secondary N) is 1. The topological polar surface area (TPSA) is 59.5 Å². The fourth-order valence-electron chi connectivity index (χ4n) is 2.14. The third-order valence-corrected chi connectivity index (χ3v) is 4.28. The van der Waals surface area contributed by atoms with Crippen molar-refractivity contribution in [1.29, 1.82) is 0 Å². The normalized spacial score (nSPS) is 10.0. The van der Waals surface area contributed by atoms with Gasteiger partial charge < -0.3 is 11.1 Å². The van der Waals surface area contributed by atoms with Crippen LogP contribution in [0, 0.1) is 6.57 Å². The van der Waals surface area contributed by atoms with Crippen molar-refractivity contribution in [2.24, 2.45) is 0 Å². The van der Waals surface area contributed by atoms with Crippen molar-refractivity contribution >= 4 is 34.3 Å². The molecule has 0 unspecified atom stereocenters. The summed E-state index contributed by atoms with van der Waals surface area (Å²) in [6.45, 7) is 6.93. The van der Waals surface area contributed by atoms with E-state index in [0.29, 0.717) is 22.6 Å². The predicted molar refractivity (Wildman–Crippen MR) is 94.8 cm³/mol. The number of benzene rings is 2. The van der Waals surface area contributed by atoms with Gasteiger partial charge in [0.2, 0.25) is 0 Å². The van der Waals surface area contributed by atoms with E-state index in [1.807, 2.05) is 29.6 Å². The molecule has 0 aliphatic carbocycles. The van der Waals surface area contributed by atoms with Gasteiger partial charge >= 0.3 is 0 Å². The number of anilines is 2.